The maximum absolute atomic E-state index is 12.6. The second-order valence-electron chi connectivity index (χ2n) is 34.3. The van der Waals surface area contributed by atoms with E-state index in [-0.39, 0.29) is 53.3 Å². The molecule has 2 aliphatic heterocycles. The van der Waals surface area contributed by atoms with E-state index in [2.05, 4.69) is 221 Å². The van der Waals surface area contributed by atoms with Crippen molar-refractivity contribution in [1.82, 2.24) is 15.0 Å². The van der Waals surface area contributed by atoms with Crippen LogP contribution in [0.2, 0.25) is 0 Å². The summed E-state index contributed by atoms with van der Waals surface area (Å²) in [7, 11) is 3.32. The van der Waals surface area contributed by atoms with E-state index >= 15 is 0 Å². The minimum absolute atomic E-state index is 0. The minimum Gasteiger partial charge on any atom is -1.00 e. The molecule has 654 valence electrons. The molecule has 13 nitrogen and oxygen atoms in total. The number of phenolic OH excluding ortho intramolecular Hbond substituents is 1. The number of halogens is 6. The molecule has 124 heavy (non-hydrogen) atoms. The highest BCUT2D eigenvalue weighted by Gasteiger charge is 2.46. The number of anilines is 1. The maximum atomic E-state index is 12.6. The molecule has 1 atom stereocenters. The number of unbranched alkanes of at least 4 members (excludes halogenated alkanes) is 5. The number of aromatic hydroxyl groups is 1. The van der Waals surface area contributed by atoms with Gasteiger partial charge in [0.05, 0.1) is 38.4 Å². The molecule has 9 aromatic carbocycles. The molecule has 1 unspecified atom stereocenters. The van der Waals surface area contributed by atoms with Crippen LogP contribution in [0.5, 0.6) is 23.0 Å². The summed E-state index contributed by atoms with van der Waals surface area (Å²) in [6.45, 7) is 34.1. The number of allylic oxidation sites excluding steroid dienone is 8. The van der Waals surface area contributed by atoms with Crippen molar-refractivity contribution in [3.05, 3.63) is 287 Å². The van der Waals surface area contributed by atoms with Gasteiger partial charge in [-0.05, 0) is 194 Å². The highest BCUT2D eigenvalue weighted by molar-refractivity contribution is 6.33. The van der Waals surface area contributed by atoms with Crippen molar-refractivity contribution in [3.63, 3.8) is 0 Å². The Morgan fingerprint density at radius 3 is 1.58 bits per heavy atom. The van der Waals surface area contributed by atoms with Gasteiger partial charge in [-0.3, -0.25) is 12.9 Å². The average Bonchev–Trinajstić information content (AvgIpc) is 1.59. The Hall–Kier alpha value is -10.2. The fraction of sp³-hybridized carbons (Fsp3) is 0.356. The zero-order valence-corrected chi connectivity index (χ0v) is 78.1. The zero-order valence-electron chi connectivity index (χ0n) is 75.2. The Labute approximate surface area is 748 Å². The van der Waals surface area contributed by atoms with Gasteiger partial charge in [-0.2, -0.15) is 4.58 Å². The van der Waals surface area contributed by atoms with Gasteiger partial charge in [-0.1, -0.05) is 252 Å². The summed E-state index contributed by atoms with van der Waals surface area (Å²) in [4.78, 5) is 29.5. The number of carbonyl (C=O) groups is 1. The number of rotatable bonds is 28. The van der Waals surface area contributed by atoms with E-state index in [1.165, 1.54) is 99.8 Å². The first-order chi connectivity index (χ1) is 58.8. The van der Waals surface area contributed by atoms with Crippen LogP contribution in [0, 0.1) is 21.0 Å². The minimum atomic E-state index is -3.67. The van der Waals surface area contributed by atoms with Crippen molar-refractivity contribution in [2.24, 2.45) is 0 Å². The molecule has 20 heteroatoms. The summed E-state index contributed by atoms with van der Waals surface area (Å²) in [5.41, 5.74) is 21.6. The third-order valence-corrected chi connectivity index (χ3v) is 25.7. The van der Waals surface area contributed by atoms with Gasteiger partial charge in [-0.25, -0.2) is 19.7 Å². The van der Waals surface area contributed by atoms with Crippen LogP contribution in [0.1, 0.15) is 174 Å². The molecule has 3 heterocycles. The first-order valence-corrected chi connectivity index (χ1v) is 45.1. The monoisotopic (exact) mass is 1820 g/mol. The third-order valence-electron chi connectivity index (χ3n) is 22.5. The lowest BCUT2D eigenvalue weighted by Crippen LogP contribution is -3.61. The highest BCUT2D eigenvalue weighted by atomic mass is 127. The Balaban J connectivity index is 0.000000220. The molecular formula is C104H121BClF4IN5O8+. The predicted octanol–water partition coefficient (Wildman–Crippen LogP) is 19.7. The number of hydrogen-bond donors (Lipinski definition) is 1. The molecule has 3 aliphatic rings. The Bertz CT molecular complexity index is 5200. The van der Waals surface area contributed by atoms with Gasteiger partial charge in [0.25, 0.3) is 0 Å². The summed E-state index contributed by atoms with van der Waals surface area (Å²) < 4.78 is 68.1. The van der Waals surface area contributed by atoms with Gasteiger partial charge in [0.2, 0.25) is 5.69 Å². The van der Waals surface area contributed by atoms with Crippen LogP contribution in [0.25, 0.3) is 56.4 Å². The van der Waals surface area contributed by atoms with E-state index in [4.69, 9.17) is 55.0 Å². The lowest BCUT2D eigenvalue weighted by Gasteiger charge is -2.27. The lowest BCUT2D eigenvalue weighted by atomic mass is 9.80. The molecule has 1 aliphatic carbocycles. The molecule has 0 saturated heterocycles. The Morgan fingerprint density at radius 1 is 0.581 bits per heavy atom. The van der Waals surface area contributed by atoms with Crippen LogP contribution >= 0.6 is 11.6 Å². The van der Waals surface area contributed by atoms with Crippen LogP contribution in [-0.2, 0) is 40.7 Å². The smallest absolute Gasteiger partial charge is 0.762 e. The number of esters is 1. The third kappa shape index (κ3) is 25.6. The average molecular weight is 1820 g/mol. The van der Waals surface area contributed by atoms with Crippen LogP contribution < -0.4 is 45.0 Å². The summed E-state index contributed by atoms with van der Waals surface area (Å²) in [5, 5.41) is 12.1. The zero-order chi connectivity index (χ0) is 88.8. The Morgan fingerprint density at radius 2 is 1.07 bits per heavy atom. The van der Waals surface area contributed by atoms with E-state index in [1.54, 1.807) is 47.5 Å². The number of ether oxygens (including phenoxy) is 6. The largest absolute Gasteiger partial charge is 1.00 e. The number of benzene rings is 9. The molecular weight excluding hydrogens is 1700 g/mol. The SMILES string of the molecule is CC(C)(C)c1ccc([I+]c2ccc(C(C)(C)C)cc2)cc1.CCCCCCCCOC(=O)C(C)Oc1ccc(-c2nc(-c3ccc(-c4ccccc4)cc3)nc(-c3ccc(-c4ccccc4)cc3)n2)c(O)c1.COCCN1/C(=C\C=C2/CCCC(/C=C/C3=[N+](CCOC)c4c(C)cc(OC)cc4C3(C)C)=C2Cl)C(C)(C)c2cc(OC)cc(C)c21.FB(F)F.[F-]. The van der Waals surface area contributed by atoms with Crippen molar-refractivity contribution in [3.8, 4) is 79.4 Å². The molecule has 0 fully saturated rings. The van der Waals surface area contributed by atoms with Gasteiger partial charge in [0, 0.05) is 77.0 Å². The van der Waals surface area contributed by atoms with Gasteiger partial charge in [0.15, 0.2) is 43.0 Å². The summed E-state index contributed by atoms with van der Waals surface area (Å²) in [6.07, 6.45) is 17.8. The molecule has 0 radical (unpaired) electrons. The van der Waals surface area contributed by atoms with Gasteiger partial charge < -0.3 is 43.1 Å². The van der Waals surface area contributed by atoms with Crippen molar-refractivity contribution in [2.45, 2.75) is 182 Å². The van der Waals surface area contributed by atoms with E-state index in [0.29, 0.717) is 48.6 Å². The first kappa shape index (κ1) is 97.6. The highest BCUT2D eigenvalue weighted by Crippen LogP contribution is 2.51. The van der Waals surface area contributed by atoms with Gasteiger partial charge in [-0.15, -0.1) is 0 Å². The van der Waals surface area contributed by atoms with E-state index in [0.717, 1.165) is 102 Å². The maximum Gasteiger partial charge on any atom is 0.762 e. The van der Waals surface area contributed by atoms with Crippen molar-refractivity contribution in [1.29, 1.82) is 0 Å². The number of phenols is 1. The fourth-order valence-electron chi connectivity index (χ4n) is 15.6. The quantitative estimate of drug-likeness (QED) is 0.0125. The summed E-state index contributed by atoms with van der Waals surface area (Å²) >= 11 is 7.16. The molecule has 0 saturated carbocycles. The number of aryl methyl sites for hydroxylation is 2. The fourth-order valence-corrected chi connectivity index (χ4v) is 18.0. The van der Waals surface area contributed by atoms with Crippen LogP contribution in [0.3, 0.4) is 0 Å². The van der Waals surface area contributed by atoms with Crippen molar-refractivity contribution in [2.75, 3.05) is 66.2 Å². The van der Waals surface area contributed by atoms with Gasteiger partial charge in [0.1, 0.15) is 29.6 Å². The molecule has 1 N–H and O–H groups in total. The molecule has 0 amide bonds. The Kier molecular flexibility index (Phi) is 35.5. The predicted molar refractivity (Wildman–Crippen MR) is 494 cm³/mol. The second kappa shape index (κ2) is 45.1. The van der Waals surface area contributed by atoms with E-state index in [9.17, 15) is 22.8 Å². The molecule has 1 aromatic heterocycles. The topological polar surface area (TPSA) is 138 Å². The van der Waals surface area contributed by atoms with Crippen LogP contribution in [-0.4, -0.2) is 111 Å². The van der Waals surface area contributed by atoms with Gasteiger partial charge >= 0.3 is 34.7 Å². The summed E-state index contributed by atoms with van der Waals surface area (Å²) in [5.74, 6) is 2.85. The second-order valence-corrected chi connectivity index (χ2v) is 37.7. The van der Waals surface area contributed by atoms with Crippen molar-refractivity contribution < 1.29 is 81.8 Å². The number of methoxy groups -OCH3 is 4. The van der Waals surface area contributed by atoms with E-state index < -0.39 is 19.6 Å². The van der Waals surface area contributed by atoms with Crippen LogP contribution in [0.4, 0.5) is 24.3 Å². The van der Waals surface area contributed by atoms with Crippen molar-refractivity contribution >= 4 is 42.2 Å². The van der Waals surface area contributed by atoms with E-state index in [1.807, 2.05) is 84.9 Å². The molecule has 13 rings (SSSR count). The number of fused-ring (bicyclic) bond motifs is 2. The number of nitrogens with zero attached hydrogens (tertiary/aromatic N) is 5. The number of carbonyl (C=O) groups excluding carboxylic acids is 1. The lowest BCUT2D eigenvalue weighted by molar-refractivity contribution is -0.597. The number of aromatic nitrogens is 3. The molecule has 10 aromatic rings. The molecule has 0 spiro atoms. The van der Waals surface area contributed by atoms with Crippen LogP contribution in [0.15, 0.2) is 246 Å². The first-order valence-electron chi connectivity index (χ1n) is 42.6. The number of hydrogen-bond acceptors (Lipinski definition) is 12. The normalized spacial score (nSPS) is 14.7. The summed E-state index contributed by atoms with van der Waals surface area (Å²) in [6, 6.07) is 68.4. The standard InChI is InChI=1S/C44H43N3O4.C40H52ClN2O4.C20H26I.BF3.FH/c1-3-4-5-6-7-14-29-50-44(49)31(2)51-38-27-28-39(40(48)30-38)43-46-41(36-23-19-34(20-24-36)32-15-10-8-11-16-32)45-42(47-43)37-25-21-35(22-26-37)33-17-12-9-13-18-33;1-26-22-30(46-9)24-32-37(26)42(18-20-44-7)34(39(32,3)4)16-14-28-12-11-13-29(36(28)41)15-17-35-40(5,6)33-25-31(47-10)23-27(2)38(33)43(35)19-21-45-8;1-19(2,3)15-7-11-17(12-8-15)21-18-13-9-16(10-14-18)20(4,5)6;2-1(3)4;/h8-13,15-28,30-31,48H,3-7,14,29H2,1-2H3;14-17,22-25H,11-13,18-21H2,1-10H3;7-14H,1-6H3;;1H/q;2*+1;;/p-1. The molecule has 0 bridgehead atoms.